The third-order valence-corrected chi connectivity index (χ3v) is 4.19. The second-order valence-corrected chi connectivity index (χ2v) is 6.33. The van der Waals surface area contributed by atoms with Gasteiger partial charge in [-0.25, -0.2) is 0 Å². The van der Waals surface area contributed by atoms with Gasteiger partial charge < -0.3 is 14.0 Å². The zero-order valence-electron chi connectivity index (χ0n) is 12.5. The van der Waals surface area contributed by atoms with Crippen LogP contribution in [0.3, 0.4) is 0 Å². The first-order valence-corrected chi connectivity index (χ1v) is 6.73. The number of ether oxygens (including phenoxy) is 1. The van der Waals surface area contributed by atoms with E-state index in [0.717, 1.165) is 11.0 Å². The third kappa shape index (κ3) is 3.02. The molecule has 1 aliphatic heterocycles. The standard InChI is InChI=1S/C15H23BO3/c1-14(2)11-18-16(19-15(14,3)4)13-8-6-12(7-9-13)10-17-5/h6-9H,10-11H2,1-5H3. The maximum atomic E-state index is 6.12. The van der Waals surface area contributed by atoms with Crippen molar-refractivity contribution in [3.05, 3.63) is 29.8 Å². The molecule has 0 bridgehead atoms. The van der Waals surface area contributed by atoms with E-state index < -0.39 is 0 Å². The minimum absolute atomic E-state index is 0.0134. The maximum absolute atomic E-state index is 6.12. The minimum Gasteiger partial charge on any atom is -0.407 e. The van der Waals surface area contributed by atoms with Gasteiger partial charge in [-0.15, -0.1) is 0 Å². The van der Waals surface area contributed by atoms with Crippen molar-refractivity contribution in [1.82, 2.24) is 0 Å². The van der Waals surface area contributed by atoms with Crippen molar-refractivity contribution in [1.29, 1.82) is 0 Å². The molecule has 0 N–H and O–H groups in total. The molecular weight excluding hydrogens is 239 g/mol. The largest absolute Gasteiger partial charge is 0.494 e. The molecule has 1 heterocycles. The monoisotopic (exact) mass is 262 g/mol. The zero-order valence-corrected chi connectivity index (χ0v) is 12.5. The number of hydrogen-bond donors (Lipinski definition) is 0. The van der Waals surface area contributed by atoms with E-state index in [1.54, 1.807) is 7.11 Å². The van der Waals surface area contributed by atoms with Crippen LogP contribution >= 0.6 is 0 Å². The lowest BCUT2D eigenvalue weighted by atomic mass is 9.69. The Labute approximate surface area is 116 Å². The third-order valence-electron chi connectivity index (χ3n) is 4.19. The van der Waals surface area contributed by atoms with Crippen LogP contribution in [0.4, 0.5) is 0 Å². The van der Waals surface area contributed by atoms with Gasteiger partial charge in [0.15, 0.2) is 0 Å². The predicted octanol–water partition coefficient (Wildman–Crippen LogP) is 2.38. The summed E-state index contributed by atoms with van der Waals surface area (Å²) in [5.41, 5.74) is 2.02. The number of methoxy groups -OCH3 is 1. The number of rotatable bonds is 3. The molecule has 104 valence electrons. The molecule has 1 aromatic rings. The van der Waals surface area contributed by atoms with E-state index in [1.807, 2.05) is 12.1 Å². The average Bonchev–Trinajstić information content (AvgIpc) is 2.34. The Bertz CT molecular complexity index is 426. The fraction of sp³-hybridized carbons (Fsp3) is 0.600. The molecule has 0 aromatic heterocycles. The highest BCUT2D eigenvalue weighted by atomic mass is 16.6. The van der Waals surface area contributed by atoms with Crippen molar-refractivity contribution in [3.63, 3.8) is 0 Å². The summed E-state index contributed by atoms with van der Waals surface area (Å²) in [5.74, 6) is 0. The van der Waals surface area contributed by atoms with E-state index in [2.05, 4.69) is 39.8 Å². The van der Waals surface area contributed by atoms with Crippen molar-refractivity contribution < 1.29 is 14.0 Å². The van der Waals surface area contributed by atoms with Gasteiger partial charge in [0.1, 0.15) is 0 Å². The van der Waals surface area contributed by atoms with Crippen molar-refractivity contribution in [2.24, 2.45) is 5.41 Å². The summed E-state index contributed by atoms with van der Waals surface area (Å²) in [6.07, 6.45) is 0. The van der Waals surface area contributed by atoms with Crippen LogP contribution in [0.5, 0.6) is 0 Å². The first-order valence-electron chi connectivity index (χ1n) is 6.73. The molecule has 0 amide bonds. The first-order chi connectivity index (χ1) is 8.86. The highest BCUT2D eigenvalue weighted by molar-refractivity contribution is 6.61. The summed E-state index contributed by atoms with van der Waals surface area (Å²) in [5, 5.41) is 0. The quantitative estimate of drug-likeness (QED) is 0.783. The van der Waals surface area contributed by atoms with Gasteiger partial charge in [0.05, 0.1) is 12.2 Å². The van der Waals surface area contributed by atoms with Crippen LogP contribution in [-0.2, 0) is 20.7 Å². The lowest BCUT2D eigenvalue weighted by Crippen LogP contribution is -2.58. The summed E-state index contributed by atoms with van der Waals surface area (Å²) in [4.78, 5) is 0. The minimum atomic E-state index is -0.278. The summed E-state index contributed by atoms with van der Waals surface area (Å²) >= 11 is 0. The molecule has 0 saturated carbocycles. The van der Waals surface area contributed by atoms with Gasteiger partial charge in [0, 0.05) is 19.1 Å². The second-order valence-electron chi connectivity index (χ2n) is 6.33. The van der Waals surface area contributed by atoms with Crippen molar-refractivity contribution >= 4 is 12.6 Å². The molecule has 0 radical (unpaired) electrons. The van der Waals surface area contributed by atoms with E-state index in [4.69, 9.17) is 14.0 Å². The highest BCUT2D eigenvalue weighted by Gasteiger charge is 2.46. The van der Waals surface area contributed by atoms with Crippen molar-refractivity contribution in [3.8, 4) is 0 Å². The molecule has 0 spiro atoms. The molecule has 19 heavy (non-hydrogen) atoms. The molecule has 1 saturated heterocycles. The first kappa shape index (κ1) is 14.6. The molecule has 1 fully saturated rings. The van der Waals surface area contributed by atoms with Gasteiger partial charge in [-0.2, -0.15) is 0 Å². The van der Waals surface area contributed by atoms with E-state index in [9.17, 15) is 0 Å². The molecule has 0 aliphatic carbocycles. The van der Waals surface area contributed by atoms with Crippen molar-refractivity contribution in [2.45, 2.75) is 39.9 Å². The fourth-order valence-corrected chi connectivity index (χ4v) is 2.02. The Morgan fingerprint density at radius 3 is 2.32 bits per heavy atom. The maximum Gasteiger partial charge on any atom is 0.494 e. The fourth-order valence-electron chi connectivity index (χ4n) is 2.02. The van der Waals surface area contributed by atoms with Gasteiger partial charge in [0.25, 0.3) is 0 Å². The average molecular weight is 262 g/mol. The number of benzene rings is 1. The molecule has 2 rings (SSSR count). The Kier molecular flexibility index (Phi) is 4.04. The normalized spacial score (nSPS) is 21.4. The molecule has 3 nitrogen and oxygen atoms in total. The molecule has 1 aromatic carbocycles. The van der Waals surface area contributed by atoms with E-state index in [0.29, 0.717) is 13.2 Å². The van der Waals surface area contributed by atoms with Gasteiger partial charge >= 0.3 is 7.12 Å². The van der Waals surface area contributed by atoms with E-state index >= 15 is 0 Å². The topological polar surface area (TPSA) is 27.7 Å². The lowest BCUT2D eigenvalue weighted by Gasteiger charge is -2.47. The van der Waals surface area contributed by atoms with E-state index in [-0.39, 0.29) is 18.1 Å². The molecule has 1 aliphatic rings. The Hall–Kier alpha value is -0.835. The van der Waals surface area contributed by atoms with Crippen LogP contribution in [-0.4, -0.2) is 26.4 Å². The number of hydrogen-bond acceptors (Lipinski definition) is 3. The second kappa shape index (κ2) is 5.27. The van der Waals surface area contributed by atoms with Crippen LogP contribution < -0.4 is 5.46 Å². The van der Waals surface area contributed by atoms with Crippen LogP contribution in [0.1, 0.15) is 33.3 Å². The van der Waals surface area contributed by atoms with E-state index in [1.165, 1.54) is 0 Å². The van der Waals surface area contributed by atoms with Gasteiger partial charge in [-0.05, 0) is 24.9 Å². The molecular formula is C15H23BO3. The van der Waals surface area contributed by atoms with Crippen LogP contribution in [0.2, 0.25) is 0 Å². The zero-order chi connectivity index (χ0) is 14.1. The van der Waals surface area contributed by atoms with Crippen LogP contribution in [0.15, 0.2) is 24.3 Å². The highest BCUT2D eigenvalue weighted by Crippen LogP contribution is 2.37. The Balaban J connectivity index is 2.11. The lowest BCUT2D eigenvalue weighted by molar-refractivity contribution is -0.0937. The Morgan fingerprint density at radius 1 is 1.16 bits per heavy atom. The van der Waals surface area contributed by atoms with Crippen molar-refractivity contribution in [2.75, 3.05) is 13.7 Å². The summed E-state index contributed by atoms with van der Waals surface area (Å²) in [6.45, 7) is 9.93. The summed E-state index contributed by atoms with van der Waals surface area (Å²) in [7, 11) is 1.42. The predicted molar refractivity (Wildman–Crippen MR) is 77.4 cm³/mol. The Morgan fingerprint density at radius 2 is 1.79 bits per heavy atom. The van der Waals surface area contributed by atoms with Gasteiger partial charge in [-0.1, -0.05) is 38.1 Å². The van der Waals surface area contributed by atoms with Crippen LogP contribution in [0.25, 0.3) is 0 Å². The molecule has 0 atom stereocenters. The SMILES string of the molecule is COCc1ccc(B2OCC(C)(C)C(C)(C)O2)cc1. The molecule has 0 unspecified atom stereocenters. The van der Waals surface area contributed by atoms with Crippen LogP contribution in [0, 0.1) is 5.41 Å². The van der Waals surface area contributed by atoms with Gasteiger partial charge in [0.2, 0.25) is 0 Å². The van der Waals surface area contributed by atoms with Gasteiger partial charge in [-0.3, -0.25) is 0 Å². The summed E-state index contributed by atoms with van der Waals surface area (Å²) < 4.78 is 17.1. The summed E-state index contributed by atoms with van der Waals surface area (Å²) in [6, 6.07) is 8.21. The molecule has 4 heteroatoms. The smallest absolute Gasteiger partial charge is 0.407 e.